The van der Waals surface area contributed by atoms with Crippen LogP contribution < -0.4 is 5.73 Å². The van der Waals surface area contributed by atoms with Gasteiger partial charge in [-0.25, -0.2) is 0 Å². The Labute approximate surface area is 88.6 Å². The summed E-state index contributed by atoms with van der Waals surface area (Å²) in [6.45, 7) is 5.17. The van der Waals surface area contributed by atoms with Gasteiger partial charge in [-0.1, -0.05) is 0 Å². The number of hydrogen-bond acceptors (Lipinski definition) is 3. The molecule has 0 aliphatic carbocycles. The number of rotatable bonds is 1. The van der Waals surface area contributed by atoms with E-state index < -0.39 is 0 Å². The number of aromatic nitrogens is 2. The molecule has 0 radical (unpaired) electrons. The van der Waals surface area contributed by atoms with Crippen LogP contribution in [0.4, 0.5) is 0 Å². The zero-order valence-electron chi connectivity index (χ0n) is 9.08. The summed E-state index contributed by atoms with van der Waals surface area (Å²) in [5.41, 5.74) is 7.19. The van der Waals surface area contributed by atoms with Crippen LogP contribution in [0, 0.1) is 6.92 Å². The summed E-state index contributed by atoms with van der Waals surface area (Å²) in [4.78, 5) is 13.8. The van der Waals surface area contributed by atoms with Crippen molar-refractivity contribution >= 4 is 5.91 Å². The van der Waals surface area contributed by atoms with Gasteiger partial charge in [-0.15, -0.1) is 0 Å². The average Bonchev–Trinajstić information content (AvgIpc) is 2.71. The van der Waals surface area contributed by atoms with Crippen molar-refractivity contribution in [3.8, 4) is 0 Å². The van der Waals surface area contributed by atoms with Gasteiger partial charge in [0.25, 0.3) is 5.91 Å². The Morgan fingerprint density at radius 3 is 2.93 bits per heavy atom. The molecule has 2 heterocycles. The van der Waals surface area contributed by atoms with E-state index >= 15 is 0 Å². The fourth-order valence-electron chi connectivity index (χ4n) is 1.89. The van der Waals surface area contributed by atoms with Crippen LogP contribution >= 0.6 is 0 Å². The van der Waals surface area contributed by atoms with Crippen molar-refractivity contribution < 1.29 is 4.79 Å². The van der Waals surface area contributed by atoms with Crippen molar-refractivity contribution in [2.75, 3.05) is 13.1 Å². The molecule has 1 amide bonds. The number of aryl methyl sites for hydroxylation is 1. The molecule has 0 spiro atoms. The lowest BCUT2D eigenvalue weighted by atomic mass is 10.0. The topological polar surface area (TPSA) is 75.0 Å². The van der Waals surface area contributed by atoms with Crippen LogP contribution in [0.2, 0.25) is 0 Å². The first-order valence-electron chi connectivity index (χ1n) is 5.08. The van der Waals surface area contributed by atoms with Crippen LogP contribution in [0.15, 0.2) is 6.20 Å². The molecule has 5 heteroatoms. The van der Waals surface area contributed by atoms with E-state index in [1.165, 1.54) is 0 Å². The minimum atomic E-state index is -0.243. The minimum Gasteiger partial charge on any atom is -0.337 e. The Bertz CT molecular complexity index is 383. The minimum absolute atomic E-state index is 0.0235. The second kappa shape index (κ2) is 3.34. The average molecular weight is 208 g/mol. The van der Waals surface area contributed by atoms with Crippen molar-refractivity contribution in [3.05, 3.63) is 17.5 Å². The fourth-order valence-corrected chi connectivity index (χ4v) is 1.89. The molecule has 5 nitrogen and oxygen atoms in total. The molecule has 1 fully saturated rings. The lowest BCUT2D eigenvalue weighted by Crippen LogP contribution is -2.40. The number of amides is 1. The number of H-pyrrole nitrogens is 1. The molecule has 82 valence electrons. The maximum absolute atomic E-state index is 12.0. The summed E-state index contributed by atoms with van der Waals surface area (Å²) in [7, 11) is 0. The van der Waals surface area contributed by atoms with Crippen molar-refractivity contribution in [2.24, 2.45) is 5.73 Å². The van der Waals surface area contributed by atoms with Gasteiger partial charge in [0, 0.05) is 24.3 Å². The highest BCUT2D eigenvalue weighted by Crippen LogP contribution is 2.20. The van der Waals surface area contributed by atoms with Crippen LogP contribution in [0.1, 0.15) is 29.4 Å². The summed E-state index contributed by atoms with van der Waals surface area (Å²) in [6, 6.07) is 0. The standard InChI is InChI=1S/C10H16N4O/c1-7-8(5-12-13-7)9(15)14-4-3-10(2,11)6-14/h5H,3-4,6,11H2,1-2H3,(H,12,13). The van der Waals surface area contributed by atoms with Crippen molar-refractivity contribution in [1.82, 2.24) is 15.1 Å². The van der Waals surface area contributed by atoms with E-state index in [9.17, 15) is 4.79 Å². The maximum atomic E-state index is 12.0. The molecule has 1 aromatic heterocycles. The summed E-state index contributed by atoms with van der Waals surface area (Å²) < 4.78 is 0. The van der Waals surface area contributed by atoms with Gasteiger partial charge in [-0.3, -0.25) is 9.89 Å². The Morgan fingerprint density at radius 1 is 1.73 bits per heavy atom. The Kier molecular flexibility index (Phi) is 2.26. The smallest absolute Gasteiger partial charge is 0.257 e. The Hall–Kier alpha value is -1.36. The number of likely N-dealkylation sites (tertiary alicyclic amines) is 1. The third kappa shape index (κ3) is 1.87. The SMILES string of the molecule is Cc1[nH]ncc1C(=O)N1CCC(C)(N)C1. The highest BCUT2D eigenvalue weighted by molar-refractivity contribution is 5.95. The number of carbonyl (C=O) groups excluding carboxylic acids is 1. The van der Waals surface area contributed by atoms with Gasteiger partial charge in [0.2, 0.25) is 0 Å². The molecule has 1 atom stereocenters. The van der Waals surface area contributed by atoms with E-state index in [1.54, 1.807) is 11.1 Å². The maximum Gasteiger partial charge on any atom is 0.257 e. The molecule has 1 aliphatic heterocycles. The number of nitrogens with one attached hydrogen (secondary N) is 1. The molecule has 1 saturated heterocycles. The molecule has 2 rings (SSSR count). The molecule has 1 aromatic rings. The molecule has 3 N–H and O–H groups in total. The van der Waals surface area contributed by atoms with E-state index in [1.807, 2.05) is 13.8 Å². The quantitative estimate of drug-likeness (QED) is 0.696. The number of carbonyl (C=O) groups is 1. The number of aromatic amines is 1. The predicted octanol–water partition coefficient (Wildman–Crippen LogP) is 0.281. The molecular weight excluding hydrogens is 192 g/mol. The Balaban J connectivity index is 2.14. The lowest BCUT2D eigenvalue weighted by molar-refractivity contribution is 0.0784. The van der Waals surface area contributed by atoms with E-state index in [2.05, 4.69) is 10.2 Å². The van der Waals surface area contributed by atoms with Crippen molar-refractivity contribution in [1.29, 1.82) is 0 Å². The van der Waals surface area contributed by atoms with Gasteiger partial charge in [-0.05, 0) is 20.3 Å². The molecule has 15 heavy (non-hydrogen) atoms. The van der Waals surface area contributed by atoms with Gasteiger partial charge in [0.1, 0.15) is 0 Å². The second-order valence-electron chi connectivity index (χ2n) is 4.54. The normalized spacial score (nSPS) is 25.9. The van der Waals surface area contributed by atoms with E-state index in [-0.39, 0.29) is 11.4 Å². The Morgan fingerprint density at radius 2 is 2.47 bits per heavy atom. The summed E-state index contributed by atoms with van der Waals surface area (Å²) in [5.74, 6) is 0.0235. The lowest BCUT2D eigenvalue weighted by Gasteiger charge is -2.19. The zero-order chi connectivity index (χ0) is 11.1. The third-order valence-electron chi connectivity index (χ3n) is 2.85. The van der Waals surface area contributed by atoms with Crippen LogP contribution in [0.3, 0.4) is 0 Å². The van der Waals surface area contributed by atoms with E-state index in [4.69, 9.17) is 5.73 Å². The second-order valence-corrected chi connectivity index (χ2v) is 4.54. The molecule has 0 aromatic carbocycles. The molecule has 1 aliphatic rings. The van der Waals surface area contributed by atoms with Gasteiger partial charge >= 0.3 is 0 Å². The van der Waals surface area contributed by atoms with E-state index in [0.717, 1.165) is 18.7 Å². The summed E-state index contributed by atoms with van der Waals surface area (Å²) >= 11 is 0. The van der Waals surface area contributed by atoms with Crippen molar-refractivity contribution in [2.45, 2.75) is 25.8 Å². The monoisotopic (exact) mass is 208 g/mol. The van der Waals surface area contributed by atoms with Crippen LogP contribution in [0.5, 0.6) is 0 Å². The first-order valence-corrected chi connectivity index (χ1v) is 5.08. The number of hydrogen-bond donors (Lipinski definition) is 2. The first kappa shape index (κ1) is 10.2. The van der Waals surface area contributed by atoms with Gasteiger partial charge < -0.3 is 10.6 Å². The van der Waals surface area contributed by atoms with Crippen LogP contribution in [-0.4, -0.2) is 39.6 Å². The first-order chi connectivity index (χ1) is 6.99. The fraction of sp³-hybridized carbons (Fsp3) is 0.600. The number of nitrogens with zero attached hydrogens (tertiary/aromatic N) is 2. The highest BCUT2D eigenvalue weighted by atomic mass is 16.2. The highest BCUT2D eigenvalue weighted by Gasteiger charge is 2.33. The van der Waals surface area contributed by atoms with Crippen LogP contribution in [0.25, 0.3) is 0 Å². The van der Waals surface area contributed by atoms with Gasteiger partial charge in [0.15, 0.2) is 0 Å². The molecule has 0 saturated carbocycles. The molecular formula is C10H16N4O. The predicted molar refractivity (Wildman–Crippen MR) is 56.4 cm³/mol. The molecule has 1 unspecified atom stereocenters. The van der Waals surface area contributed by atoms with E-state index in [0.29, 0.717) is 12.1 Å². The third-order valence-corrected chi connectivity index (χ3v) is 2.85. The summed E-state index contributed by atoms with van der Waals surface area (Å²) in [6.07, 6.45) is 2.43. The van der Waals surface area contributed by atoms with Crippen molar-refractivity contribution in [3.63, 3.8) is 0 Å². The molecule has 0 bridgehead atoms. The number of nitrogens with two attached hydrogens (primary N) is 1. The van der Waals surface area contributed by atoms with Gasteiger partial charge in [0.05, 0.1) is 11.8 Å². The van der Waals surface area contributed by atoms with Crippen LogP contribution in [-0.2, 0) is 0 Å². The largest absolute Gasteiger partial charge is 0.337 e. The zero-order valence-corrected chi connectivity index (χ0v) is 9.08. The van der Waals surface area contributed by atoms with Gasteiger partial charge in [-0.2, -0.15) is 5.10 Å². The summed E-state index contributed by atoms with van der Waals surface area (Å²) in [5, 5.41) is 6.61.